The summed E-state index contributed by atoms with van der Waals surface area (Å²) in [6.45, 7) is 0.316. The number of carbonyl (C=O) groups excluding carboxylic acids is 1. The van der Waals surface area contributed by atoms with Crippen molar-refractivity contribution in [2.24, 2.45) is 0 Å². The maximum absolute atomic E-state index is 14.0. The Labute approximate surface area is 191 Å². The summed E-state index contributed by atoms with van der Waals surface area (Å²) in [6, 6.07) is 22.3. The number of hydrogen-bond acceptors (Lipinski definition) is 4. The predicted molar refractivity (Wildman–Crippen MR) is 126 cm³/mol. The van der Waals surface area contributed by atoms with Crippen molar-refractivity contribution in [3.05, 3.63) is 108 Å². The molecular formula is C26H21FN2O3S. The molecule has 4 aromatic rings. The van der Waals surface area contributed by atoms with E-state index < -0.39 is 9.84 Å². The Balaban J connectivity index is 1.42. The van der Waals surface area contributed by atoms with E-state index in [1.165, 1.54) is 24.7 Å². The highest BCUT2D eigenvalue weighted by Crippen LogP contribution is 2.23. The molecule has 0 fully saturated rings. The highest BCUT2D eigenvalue weighted by Gasteiger charge is 2.11. The molecule has 0 spiro atoms. The van der Waals surface area contributed by atoms with Gasteiger partial charge in [0.2, 0.25) is 0 Å². The lowest BCUT2D eigenvalue weighted by atomic mass is 10.0. The third-order valence-corrected chi connectivity index (χ3v) is 6.34. The molecule has 4 rings (SSSR count). The Bertz CT molecular complexity index is 1400. The minimum Gasteiger partial charge on any atom is -0.348 e. The van der Waals surface area contributed by atoms with Crippen molar-refractivity contribution in [2.75, 3.05) is 6.26 Å². The van der Waals surface area contributed by atoms with Crippen molar-refractivity contribution in [2.45, 2.75) is 11.4 Å². The molecule has 0 aliphatic heterocycles. The Morgan fingerprint density at radius 1 is 0.879 bits per heavy atom. The minimum atomic E-state index is -3.23. The molecule has 0 saturated heterocycles. The Kier molecular flexibility index (Phi) is 6.33. The number of aromatic nitrogens is 1. The van der Waals surface area contributed by atoms with Crippen LogP contribution < -0.4 is 5.32 Å². The highest BCUT2D eigenvalue weighted by molar-refractivity contribution is 7.90. The number of amides is 1. The number of carbonyl (C=O) groups is 1. The number of hydrogen-bond donors (Lipinski definition) is 1. The van der Waals surface area contributed by atoms with Gasteiger partial charge in [-0.2, -0.15) is 0 Å². The number of benzene rings is 3. The van der Waals surface area contributed by atoms with E-state index in [0.29, 0.717) is 23.2 Å². The van der Waals surface area contributed by atoms with Crippen LogP contribution in [0.15, 0.2) is 96.2 Å². The summed E-state index contributed by atoms with van der Waals surface area (Å²) in [7, 11) is -3.23. The van der Waals surface area contributed by atoms with Gasteiger partial charge in [-0.1, -0.05) is 54.6 Å². The fraction of sp³-hybridized carbons (Fsp3) is 0.0769. The number of nitrogens with one attached hydrogen (secondary N) is 1. The van der Waals surface area contributed by atoms with Gasteiger partial charge < -0.3 is 5.32 Å². The van der Waals surface area contributed by atoms with E-state index in [1.807, 2.05) is 24.3 Å². The molecule has 1 aromatic heterocycles. The van der Waals surface area contributed by atoms with Crippen LogP contribution in [0.25, 0.3) is 22.3 Å². The third-order valence-electron chi connectivity index (χ3n) is 5.21. The molecule has 166 valence electrons. The van der Waals surface area contributed by atoms with Gasteiger partial charge in [0.15, 0.2) is 9.84 Å². The van der Waals surface area contributed by atoms with Crippen LogP contribution in [-0.4, -0.2) is 25.6 Å². The topological polar surface area (TPSA) is 76.1 Å². The fourth-order valence-corrected chi connectivity index (χ4v) is 4.03. The zero-order valence-electron chi connectivity index (χ0n) is 17.8. The number of halogens is 1. The lowest BCUT2D eigenvalue weighted by Gasteiger charge is -2.09. The summed E-state index contributed by atoms with van der Waals surface area (Å²) in [6.07, 6.45) is 4.15. The molecule has 0 atom stereocenters. The Hall–Kier alpha value is -3.84. The van der Waals surface area contributed by atoms with Crippen molar-refractivity contribution in [3.8, 4) is 22.3 Å². The molecule has 0 aliphatic carbocycles. The van der Waals surface area contributed by atoms with Gasteiger partial charge in [-0.15, -0.1) is 0 Å². The van der Waals surface area contributed by atoms with Gasteiger partial charge in [-0.05, 0) is 41.0 Å². The standard InChI is InChI=1S/C26H21FN2O3S/c1-33(31,32)23-12-10-20(11-13-23)19-8-6-18(7-9-19)15-29-26(30)22-14-21(16-28-17-22)24-4-2-3-5-25(24)27/h2-14,16-17H,15H2,1H3,(H,29,30). The van der Waals surface area contributed by atoms with Crippen molar-refractivity contribution in [3.63, 3.8) is 0 Å². The molecule has 5 nitrogen and oxygen atoms in total. The number of pyridine rings is 1. The van der Waals surface area contributed by atoms with Gasteiger partial charge >= 0.3 is 0 Å². The van der Waals surface area contributed by atoms with E-state index in [0.717, 1.165) is 16.7 Å². The van der Waals surface area contributed by atoms with Crippen molar-refractivity contribution >= 4 is 15.7 Å². The molecule has 33 heavy (non-hydrogen) atoms. The van der Waals surface area contributed by atoms with Crippen LogP contribution in [0, 0.1) is 5.82 Å². The van der Waals surface area contributed by atoms with Crippen LogP contribution in [0.3, 0.4) is 0 Å². The van der Waals surface area contributed by atoms with Crippen LogP contribution in [0.2, 0.25) is 0 Å². The highest BCUT2D eigenvalue weighted by atomic mass is 32.2. The van der Waals surface area contributed by atoms with Crippen LogP contribution >= 0.6 is 0 Å². The predicted octanol–water partition coefficient (Wildman–Crippen LogP) is 4.89. The van der Waals surface area contributed by atoms with E-state index in [2.05, 4.69) is 10.3 Å². The molecule has 0 aliphatic rings. The van der Waals surface area contributed by atoms with Crippen LogP contribution in [0.1, 0.15) is 15.9 Å². The lowest BCUT2D eigenvalue weighted by molar-refractivity contribution is 0.0950. The maximum Gasteiger partial charge on any atom is 0.253 e. The fourth-order valence-electron chi connectivity index (χ4n) is 3.40. The summed E-state index contributed by atoms with van der Waals surface area (Å²) in [5.41, 5.74) is 4.00. The summed E-state index contributed by atoms with van der Waals surface area (Å²) in [5.74, 6) is -0.677. The molecule has 0 radical (unpaired) electrons. The molecule has 7 heteroatoms. The summed E-state index contributed by atoms with van der Waals surface area (Å²) >= 11 is 0. The normalized spacial score (nSPS) is 11.2. The molecule has 3 aromatic carbocycles. The van der Waals surface area contributed by atoms with Gasteiger partial charge in [-0.3, -0.25) is 9.78 Å². The van der Waals surface area contributed by atoms with E-state index >= 15 is 0 Å². The first-order valence-electron chi connectivity index (χ1n) is 10.2. The quantitative estimate of drug-likeness (QED) is 0.445. The number of nitrogens with zero attached hydrogens (tertiary/aromatic N) is 1. The second-order valence-corrected chi connectivity index (χ2v) is 9.63. The largest absolute Gasteiger partial charge is 0.348 e. The van der Waals surface area contributed by atoms with Gasteiger partial charge in [0.05, 0.1) is 10.5 Å². The molecular weight excluding hydrogens is 439 g/mol. The summed E-state index contributed by atoms with van der Waals surface area (Å²) < 4.78 is 37.3. The second-order valence-electron chi connectivity index (χ2n) is 7.62. The smallest absolute Gasteiger partial charge is 0.253 e. The molecule has 1 amide bonds. The molecule has 0 unspecified atom stereocenters. The first-order chi connectivity index (χ1) is 15.8. The van der Waals surface area contributed by atoms with Crippen molar-refractivity contribution < 1.29 is 17.6 Å². The van der Waals surface area contributed by atoms with E-state index in [-0.39, 0.29) is 16.6 Å². The molecule has 1 N–H and O–H groups in total. The van der Waals surface area contributed by atoms with E-state index in [4.69, 9.17) is 0 Å². The first kappa shape index (κ1) is 22.4. The Morgan fingerprint density at radius 3 is 2.15 bits per heavy atom. The molecule has 0 saturated carbocycles. The third kappa shape index (κ3) is 5.32. The van der Waals surface area contributed by atoms with Crippen LogP contribution in [0.5, 0.6) is 0 Å². The lowest BCUT2D eigenvalue weighted by Crippen LogP contribution is -2.22. The maximum atomic E-state index is 14.0. The van der Waals surface area contributed by atoms with E-state index in [9.17, 15) is 17.6 Å². The summed E-state index contributed by atoms with van der Waals surface area (Å²) in [4.78, 5) is 17.0. The monoisotopic (exact) mass is 460 g/mol. The number of sulfone groups is 1. The van der Waals surface area contributed by atoms with Gasteiger partial charge in [0.1, 0.15) is 5.82 Å². The zero-order valence-corrected chi connectivity index (χ0v) is 18.6. The molecule has 1 heterocycles. The van der Waals surface area contributed by atoms with Gasteiger partial charge in [-0.25, -0.2) is 12.8 Å². The zero-order chi connectivity index (χ0) is 23.4. The van der Waals surface area contributed by atoms with Gasteiger partial charge in [0, 0.05) is 36.3 Å². The number of rotatable bonds is 6. The first-order valence-corrected chi connectivity index (χ1v) is 12.1. The average Bonchev–Trinajstić information content (AvgIpc) is 2.83. The molecule has 0 bridgehead atoms. The van der Waals surface area contributed by atoms with E-state index in [1.54, 1.807) is 48.5 Å². The van der Waals surface area contributed by atoms with Crippen molar-refractivity contribution in [1.82, 2.24) is 10.3 Å². The van der Waals surface area contributed by atoms with Gasteiger partial charge in [0.25, 0.3) is 5.91 Å². The van der Waals surface area contributed by atoms with Crippen LogP contribution in [-0.2, 0) is 16.4 Å². The average molecular weight is 461 g/mol. The van der Waals surface area contributed by atoms with Crippen molar-refractivity contribution in [1.29, 1.82) is 0 Å². The minimum absolute atomic E-state index is 0.277. The second kappa shape index (κ2) is 9.34. The Morgan fingerprint density at radius 2 is 1.52 bits per heavy atom. The SMILES string of the molecule is CS(=O)(=O)c1ccc(-c2ccc(CNC(=O)c3cncc(-c4ccccc4F)c3)cc2)cc1. The van der Waals surface area contributed by atoms with Crippen LogP contribution in [0.4, 0.5) is 4.39 Å². The summed E-state index contributed by atoms with van der Waals surface area (Å²) in [5, 5.41) is 2.85.